The molecule has 16 heavy (non-hydrogen) atoms. The zero-order chi connectivity index (χ0) is 13.4. The smallest absolute Gasteiger partial charge is 0.0398 e. The molecular formula is C16H32. The molecule has 0 bridgehead atoms. The fourth-order valence-corrected chi connectivity index (χ4v) is 0.637. The maximum absolute atomic E-state index is 2.12. The van der Waals surface area contributed by atoms with Gasteiger partial charge in [-0.3, -0.25) is 0 Å². The van der Waals surface area contributed by atoms with E-state index in [1.165, 1.54) is 24.0 Å². The lowest BCUT2D eigenvalue weighted by Crippen LogP contribution is -1.70. The van der Waals surface area contributed by atoms with Crippen LogP contribution >= 0.6 is 0 Å². The number of benzene rings is 1. The van der Waals surface area contributed by atoms with E-state index >= 15 is 0 Å². The number of aryl methyl sites for hydroxylation is 2. The molecule has 1 rings (SSSR count). The Hall–Kier alpha value is -0.780. The summed E-state index contributed by atoms with van der Waals surface area (Å²) >= 11 is 0. The molecule has 0 nitrogen and oxygen atoms in total. The van der Waals surface area contributed by atoms with Crippen molar-refractivity contribution < 1.29 is 0 Å². The highest BCUT2D eigenvalue weighted by Crippen LogP contribution is 1.99. The summed E-state index contributed by atoms with van der Waals surface area (Å²) in [6.07, 6.45) is 2.50. The maximum atomic E-state index is 2.12. The van der Waals surface area contributed by atoms with Crippen LogP contribution in [0.2, 0.25) is 0 Å². The second-order valence-electron chi connectivity index (χ2n) is 3.57. The fraction of sp³-hybridized carbons (Fsp3) is 0.625. The van der Waals surface area contributed by atoms with E-state index in [4.69, 9.17) is 0 Å². The Morgan fingerprint density at radius 3 is 0.875 bits per heavy atom. The molecule has 0 heterocycles. The minimum absolute atomic E-state index is 1.25. The van der Waals surface area contributed by atoms with Crippen molar-refractivity contribution in [1.82, 2.24) is 0 Å². The summed E-state index contributed by atoms with van der Waals surface area (Å²) in [4.78, 5) is 0. The highest BCUT2D eigenvalue weighted by atomic mass is 13.9. The lowest BCUT2D eigenvalue weighted by molar-refractivity contribution is 1.09. The predicted octanol–water partition coefficient (Wildman–Crippen LogP) is 6.16. The molecule has 0 aliphatic rings. The first-order valence-corrected chi connectivity index (χ1v) is 6.65. The second-order valence-corrected chi connectivity index (χ2v) is 3.57. The van der Waals surface area contributed by atoms with Crippen molar-refractivity contribution in [2.24, 2.45) is 0 Å². The van der Waals surface area contributed by atoms with Crippen molar-refractivity contribution in [2.75, 3.05) is 0 Å². The van der Waals surface area contributed by atoms with Gasteiger partial charge < -0.3 is 0 Å². The summed E-state index contributed by atoms with van der Waals surface area (Å²) in [5, 5.41) is 0. The normalized spacial score (nSPS) is 7.25. The molecule has 0 spiro atoms. The monoisotopic (exact) mass is 224 g/mol. The standard InChI is InChI=1S/C8H10.2C3H8.C2H6/c1-7-3-5-8(2)6-4-7;2*1-3-2;1-2/h3-6H,1-2H3;2*3H2,1-2H3;1-2H3. The summed E-state index contributed by atoms with van der Waals surface area (Å²) in [5.74, 6) is 0. The van der Waals surface area contributed by atoms with Gasteiger partial charge in [0.1, 0.15) is 0 Å². The molecule has 0 heteroatoms. The van der Waals surface area contributed by atoms with Crippen LogP contribution in [0.4, 0.5) is 0 Å². The van der Waals surface area contributed by atoms with Crippen LogP contribution in [0.1, 0.15) is 65.5 Å². The Balaban J connectivity index is -0.000000179. The van der Waals surface area contributed by atoms with Crippen LogP contribution in [0.3, 0.4) is 0 Å². The topological polar surface area (TPSA) is 0 Å². The Bertz CT molecular complexity index is 161. The van der Waals surface area contributed by atoms with Gasteiger partial charge in [-0.2, -0.15) is 0 Å². The minimum atomic E-state index is 1.25. The number of hydrogen-bond acceptors (Lipinski definition) is 0. The van der Waals surface area contributed by atoms with E-state index in [9.17, 15) is 0 Å². The number of hydrogen-bond donors (Lipinski definition) is 0. The lowest BCUT2D eigenvalue weighted by atomic mass is 10.2. The summed E-state index contributed by atoms with van der Waals surface area (Å²) in [5.41, 5.74) is 2.66. The van der Waals surface area contributed by atoms with Crippen LogP contribution in [-0.2, 0) is 0 Å². The molecule has 0 amide bonds. The molecule has 0 atom stereocenters. The van der Waals surface area contributed by atoms with Gasteiger partial charge in [0.25, 0.3) is 0 Å². The van der Waals surface area contributed by atoms with E-state index < -0.39 is 0 Å². The van der Waals surface area contributed by atoms with E-state index in [2.05, 4.69) is 65.8 Å². The highest BCUT2D eigenvalue weighted by molar-refractivity contribution is 5.19. The molecular weight excluding hydrogens is 192 g/mol. The van der Waals surface area contributed by atoms with Crippen LogP contribution in [0.15, 0.2) is 24.3 Å². The predicted molar refractivity (Wildman–Crippen MR) is 79.2 cm³/mol. The molecule has 1 aromatic carbocycles. The third-order valence-corrected chi connectivity index (χ3v) is 1.22. The van der Waals surface area contributed by atoms with E-state index in [0.717, 1.165) is 0 Å². The van der Waals surface area contributed by atoms with Gasteiger partial charge in [-0.1, -0.05) is 89.8 Å². The van der Waals surface area contributed by atoms with E-state index in [-0.39, 0.29) is 0 Å². The summed E-state index contributed by atoms with van der Waals surface area (Å²) in [6.45, 7) is 16.7. The SMILES string of the molecule is CC.CCC.CCC.Cc1ccc(C)cc1. The van der Waals surface area contributed by atoms with Gasteiger partial charge in [0.2, 0.25) is 0 Å². The second kappa shape index (κ2) is 19.7. The third-order valence-electron chi connectivity index (χ3n) is 1.22. The van der Waals surface area contributed by atoms with Crippen LogP contribution < -0.4 is 0 Å². The molecule has 0 radical (unpaired) electrons. The van der Waals surface area contributed by atoms with Crippen molar-refractivity contribution in [3.63, 3.8) is 0 Å². The third kappa shape index (κ3) is 23.2. The summed E-state index contributed by atoms with van der Waals surface area (Å²) in [7, 11) is 0. The van der Waals surface area contributed by atoms with Crippen molar-refractivity contribution in [3.8, 4) is 0 Å². The van der Waals surface area contributed by atoms with Gasteiger partial charge in [0.15, 0.2) is 0 Å². The van der Waals surface area contributed by atoms with Gasteiger partial charge >= 0.3 is 0 Å². The average Bonchev–Trinajstić information content (AvgIpc) is 2.28. The molecule has 0 saturated carbocycles. The van der Waals surface area contributed by atoms with E-state index in [1.54, 1.807) is 0 Å². The zero-order valence-electron chi connectivity index (χ0n) is 12.7. The van der Waals surface area contributed by atoms with Crippen LogP contribution in [0.5, 0.6) is 0 Å². The van der Waals surface area contributed by atoms with Gasteiger partial charge in [-0.25, -0.2) is 0 Å². The molecule has 96 valence electrons. The Kier molecular flexibility index (Phi) is 25.4. The van der Waals surface area contributed by atoms with Crippen molar-refractivity contribution >= 4 is 0 Å². The molecule has 0 N–H and O–H groups in total. The first kappa shape index (κ1) is 20.6. The lowest BCUT2D eigenvalue weighted by Gasteiger charge is -1.90. The van der Waals surface area contributed by atoms with E-state index in [0.29, 0.717) is 0 Å². The van der Waals surface area contributed by atoms with Crippen LogP contribution in [0, 0.1) is 13.8 Å². The minimum Gasteiger partial charge on any atom is -0.0683 e. The van der Waals surface area contributed by atoms with Gasteiger partial charge in [0, 0.05) is 0 Å². The molecule has 0 saturated heterocycles. The molecule has 1 aromatic rings. The van der Waals surface area contributed by atoms with Gasteiger partial charge in [-0.15, -0.1) is 0 Å². The van der Waals surface area contributed by atoms with Crippen LogP contribution in [0.25, 0.3) is 0 Å². The molecule has 0 aromatic heterocycles. The summed E-state index contributed by atoms with van der Waals surface area (Å²) in [6, 6.07) is 8.48. The molecule has 0 fully saturated rings. The van der Waals surface area contributed by atoms with E-state index in [1.807, 2.05) is 13.8 Å². The summed E-state index contributed by atoms with van der Waals surface area (Å²) < 4.78 is 0. The Morgan fingerprint density at radius 2 is 0.750 bits per heavy atom. The van der Waals surface area contributed by atoms with Crippen molar-refractivity contribution in [1.29, 1.82) is 0 Å². The largest absolute Gasteiger partial charge is 0.0683 e. The first-order chi connectivity index (χ1) is 7.62. The van der Waals surface area contributed by atoms with Crippen molar-refractivity contribution in [2.45, 2.75) is 68.2 Å². The first-order valence-electron chi connectivity index (χ1n) is 6.65. The van der Waals surface area contributed by atoms with Crippen molar-refractivity contribution in [3.05, 3.63) is 35.4 Å². The number of rotatable bonds is 0. The Labute approximate surface area is 104 Å². The Morgan fingerprint density at radius 1 is 0.625 bits per heavy atom. The quantitative estimate of drug-likeness (QED) is 0.495. The highest BCUT2D eigenvalue weighted by Gasteiger charge is 1.79. The molecule has 0 aliphatic heterocycles. The van der Waals surface area contributed by atoms with Gasteiger partial charge in [0.05, 0.1) is 0 Å². The zero-order valence-corrected chi connectivity index (χ0v) is 12.7. The molecule has 0 aliphatic carbocycles. The maximum Gasteiger partial charge on any atom is -0.0398 e. The molecule has 0 unspecified atom stereocenters. The van der Waals surface area contributed by atoms with Crippen LogP contribution in [-0.4, -0.2) is 0 Å². The van der Waals surface area contributed by atoms with Gasteiger partial charge in [-0.05, 0) is 13.8 Å². The average molecular weight is 224 g/mol. The fourth-order valence-electron chi connectivity index (χ4n) is 0.637.